The first-order chi connectivity index (χ1) is 15.5. The van der Waals surface area contributed by atoms with Gasteiger partial charge in [-0.05, 0) is 41.8 Å². The van der Waals surface area contributed by atoms with Gasteiger partial charge in [0.1, 0.15) is 11.6 Å². The summed E-state index contributed by atoms with van der Waals surface area (Å²) < 4.78 is 19.3. The second kappa shape index (κ2) is 9.64. The lowest BCUT2D eigenvalue weighted by Crippen LogP contribution is -2.37. The summed E-state index contributed by atoms with van der Waals surface area (Å²) >= 11 is 0. The van der Waals surface area contributed by atoms with Gasteiger partial charge in [-0.15, -0.1) is 0 Å². The predicted octanol–water partition coefficient (Wildman–Crippen LogP) is 3.93. The van der Waals surface area contributed by atoms with Crippen molar-refractivity contribution in [3.8, 4) is 16.9 Å². The van der Waals surface area contributed by atoms with Crippen molar-refractivity contribution in [2.75, 3.05) is 26.7 Å². The molecule has 1 heterocycles. The number of carbonyl (C=O) groups is 2. The molecule has 5 nitrogen and oxygen atoms in total. The average Bonchev–Trinajstić information content (AvgIpc) is 3.01. The van der Waals surface area contributed by atoms with E-state index in [4.69, 9.17) is 4.74 Å². The fourth-order valence-electron chi connectivity index (χ4n) is 3.98. The maximum absolute atomic E-state index is 14.1. The number of nitrogens with zero attached hydrogens (tertiary/aromatic N) is 1. The molecule has 2 amide bonds. The Morgan fingerprint density at radius 2 is 1.88 bits per heavy atom. The van der Waals surface area contributed by atoms with Crippen LogP contribution in [0.25, 0.3) is 11.1 Å². The number of rotatable bonds is 5. The van der Waals surface area contributed by atoms with Crippen LogP contribution in [0.4, 0.5) is 4.39 Å². The van der Waals surface area contributed by atoms with E-state index in [1.54, 1.807) is 54.5 Å². The van der Waals surface area contributed by atoms with E-state index in [0.717, 1.165) is 11.1 Å². The van der Waals surface area contributed by atoms with Crippen LogP contribution in [0.1, 0.15) is 15.9 Å². The summed E-state index contributed by atoms with van der Waals surface area (Å²) in [4.78, 5) is 27.4. The van der Waals surface area contributed by atoms with Crippen LogP contribution in [0.5, 0.6) is 5.75 Å². The molecule has 0 spiro atoms. The SMILES string of the molecule is COc1cccc(C(=O)N2CCNC(=O)[C@H](Cc3ccc(-c4ccccc4F)cc3)C2)c1. The summed E-state index contributed by atoms with van der Waals surface area (Å²) in [6, 6.07) is 21.2. The summed E-state index contributed by atoms with van der Waals surface area (Å²) in [5, 5.41) is 2.91. The Bertz CT molecular complexity index is 1110. The lowest BCUT2D eigenvalue weighted by molar-refractivity contribution is -0.124. The number of halogens is 1. The number of nitrogens with one attached hydrogen (secondary N) is 1. The molecule has 3 aromatic carbocycles. The number of amides is 2. The second-order valence-electron chi connectivity index (χ2n) is 7.85. The molecule has 1 fully saturated rings. The van der Waals surface area contributed by atoms with Crippen LogP contribution in [0.3, 0.4) is 0 Å². The van der Waals surface area contributed by atoms with Crippen LogP contribution in [-0.2, 0) is 11.2 Å². The highest BCUT2D eigenvalue weighted by molar-refractivity contribution is 5.95. The van der Waals surface area contributed by atoms with Gasteiger partial charge < -0.3 is 15.0 Å². The van der Waals surface area contributed by atoms with Crippen molar-refractivity contribution in [2.24, 2.45) is 5.92 Å². The van der Waals surface area contributed by atoms with E-state index in [-0.39, 0.29) is 23.5 Å². The van der Waals surface area contributed by atoms with Gasteiger partial charge in [0.15, 0.2) is 0 Å². The van der Waals surface area contributed by atoms with Gasteiger partial charge in [0.25, 0.3) is 5.91 Å². The quantitative estimate of drug-likeness (QED) is 0.665. The summed E-state index contributed by atoms with van der Waals surface area (Å²) in [7, 11) is 1.56. The largest absolute Gasteiger partial charge is 0.497 e. The maximum Gasteiger partial charge on any atom is 0.254 e. The van der Waals surface area contributed by atoms with E-state index in [1.807, 2.05) is 24.3 Å². The highest BCUT2D eigenvalue weighted by Gasteiger charge is 2.28. The third-order valence-electron chi connectivity index (χ3n) is 5.72. The molecule has 0 radical (unpaired) electrons. The first kappa shape index (κ1) is 21.6. The summed E-state index contributed by atoms with van der Waals surface area (Å²) in [5.41, 5.74) is 2.82. The van der Waals surface area contributed by atoms with Gasteiger partial charge in [-0.1, -0.05) is 48.5 Å². The molecule has 1 aliphatic heterocycles. The topological polar surface area (TPSA) is 58.6 Å². The van der Waals surface area contributed by atoms with Gasteiger partial charge in [-0.25, -0.2) is 4.39 Å². The summed E-state index contributed by atoms with van der Waals surface area (Å²) in [5.74, 6) is -0.211. The molecule has 1 aliphatic rings. The monoisotopic (exact) mass is 432 g/mol. The minimum atomic E-state index is -0.369. The zero-order chi connectivity index (χ0) is 22.5. The molecule has 6 heteroatoms. The van der Waals surface area contributed by atoms with Crippen molar-refractivity contribution in [3.05, 3.63) is 89.7 Å². The fourth-order valence-corrected chi connectivity index (χ4v) is 3.98. The van der Waals surface area contributed by atoms with Crippen molar-refractivity contribution in [1.82, 2.24) is 10.2 Å². The number of hydrogen-bond donors (Lipinski definition) is 1. The van der Waals surface area contributed by atoms with E-state index in [0.29, 0.717) is 42.9 Å². The van der Waals surface area contributed by atoms with Gasteiger partial charge in [0, 0.05) is 30.8 Å². The Morgan fingerprint density at radius 1 is 1.09 bits per heavy atom. The van der Waals surface area contributed by atoms with Crippen LogP contribution in [0.15, 0.2) is 72.8 Å². The van der Waals surface area contributed by atoms with E-state index < -0.39 is 0 Å². The molecule has 1 N–H and O–H groups in total. The lowest BCUT2D eigenvalue weighted by Gasteiger charge is -2.23. The Labute approximate surface area is 186 Å². The maximum atomic E-state index is 14.1. The highest BCUT2D eigenvalue weighted by atomic mass is 19.1. The Hall–Kier alpha value is -3.67. The summed E-state index contributed by atoms with van der Waals surface area (Å²) in [6.45, 7) is 1.19. The molecule has 0 aromatic heterocycles. The molecule has 0 bridgehead atoms. The first-order valence-corrected chi connectivity index (χ1v) is 10.6. The van der Waals surface area contributed by atoms with Crippen LogP contribution in [0.2, 0.25) is 0 Å². The van der Waals surface area contributed by atoms with E-state index >= 15 is 0 Å². The van der Waals surface area contributed by atoms with Crippen molar-refractivity contribution in [2.45, 2.75) is 6.42 Å². The zero-order valence-electron chi connectivity index (χ0n) is 17.9. The average molecular weight is 432 g/mol. The predicted molar refractivity (Wildman–Crippen MR) is 121 cm³/mol. The smallest absolute Gasteiger partial charge is 0.254 e. The van der Waals surface area contributed by atoms with Gasteiger partial charge in [0.2, 0.25) is 5.91 Å². The van der Waals surface area contributed by atoms with Crippen LogP contribution >= 0.6 is 0 Å². The van der Waals surface area contributed by atoms with E-state index in [2.05, 4.69) is 5.32 Å². The van der Waals surface area contributed by atoms with Gasteiger partial charge >= 0.3 is 0 Å². The second-order valence-corrected chi connectivity index (χ2v) is 7.85. The first-order valence-electron chi connectivity index (χ1n) is 10.6. The molecule has 1 saturated heterocycles. The molecule has 0 aliphatic carbocycles. The van der Waals surface area contributed by atoms with Gasteiger partial charge in [-0.3, -0.25) is 9.59 Å². The fraction of sp³-hybridized carbons (Fsp3) is 0.231. The molecule has 4 rings (SSSR count). The van der Waals surface area contributed by atoms with Crippen molar-refractivity contribution >= 4 is 11.8 Å². The normalized spacial score (nSPS) is 16.2. The molecular formula is C26H25FN2O3. The zero-order valence-corrected chi connectivity index (χ0v) is 17.9. The molecule has 3 aromatic rings. The molecular weight excluding hydrogens is 407 g/mol. The number of hydrogen-bond acceptors (Lipinski definition) is 3. The van der Waals surface area contributed by atoms with Crippen molar-refractivity contribution in [3.63, 3.8) is 0 Å². The van der Waals surface area contributed by atoms with Crippen LogP contribution in [-0.4, -0.2) is 43.5 Å². The molecule has 1 atom stereocenters. The summed E-state index contributed by atoms with van der Waals surface area (Å²) in [6.07, 6.45) is 0.491. The van der Waals surface area contributed by atoms with Crippen molar-refractivity contribution in [1.29, 1.82) is 0 Å². The van der Waals surface area contributed by atoms with Gasteiger partial charge in [0.05, 0.1) is 13.0 Å². The Kier molecular flexibility index (Phi) is 6.50. The number of methoxy groups -OCH3 is 1. The lowest BCUT2D eigenvalue weighted by atomic mass is 9.95. The van der Waals surface area contributed by atoms with Crippen molar-refractivity contribution < 1.29 is 18.7 Å². The van der Waals surface area contributed by atoms with E-state index in [9.17, 15) is 14.0 Å². The Morgan fingerprint density at radius 3 is 2.62 bits per heavy atom. The third-order valence-corrected chi connectivity index (χ3v) is 5.72. The number of benzene rings is 3. The molecule has 164 valence electrons. The number of carbonyl (C=O) groups excluding carboxylic acids is 2. The van der Waals surface area contributed by atoms with Crippen LogP contribution in [0, 0.1) is 11.7 Å². The highest BCUT2D eigenvalue weighted by Crippen LogP contribution is 2.24. The van der Waals surface area contributed by atoms with Crippen LogP contribution < -0.4 is 10.1 Å². The minimum absolute atomic E-state index is 0.0656. The number of ether oxygens (including phenoxy) is 1. The molecule has 0 saturated carbocycles. The standard InChI is InChI=1S/C26H25FN2O3/c1-32-22-6-4-5-20(16-22)26(31)29-14-13-28-25(30)21(17-29)15-18-9-11-19(12-10-18)23-7-2-3-8-24(23)27/h2-12,16,21H,13-15,17H2,1H3,(H,28,30)/t21-/m1/s1. The minimum Gasteiger partial charge on any atom is -0.497 e. The molecule has 0 unspecified atom stereocenters. The molecule has 32 heavy (non-hydrogen) atoms. The van der Waals surface area contributed by atoms with Gasteiger partial charge in [-0.2, -0.15) is 0 Å². The third kappa shape index (κ3) is 4.80. The van der Waals surface area contributed by atoms with E-state index in [1.165, 1.54) is 6.07 Å². The Balaban J connectivity index is 1.49.